The Labute approximate surface area is 213 Å². The highest BCUT2D eigenvalue weighted by Crippen LogP contribution is 2.33. The molecule has 1 aromatic carbocycles. The number of halogens is 1. The van der Waals surface area contributed by atoms with Crippen molar-refractivity contribution in [2.45, 2.75) is 65.8 Å². The van der Waals surface area contributed by atoms with Gasteiger partial charge >= 0.3 is 0 Å². The first kappa shape index (κ1) is 24.1. The molecule has 1 saturated carbocycles. The molecule has 1 N–H and O–H groups in total. The van der Waals surface area contributed by atoms with Gasteiger partial charge in [0.2, 0.25) is 5.91 Å². The first-order valence-corrected chi connectivity index (χ1v) is 13.4. The summed E-state index contributed by atoms with van der Waals surface area (Å²) in [5, 5.41) is 8.99. The fraction of sp³-hybridized carbons (Fsp3) is 0.536. The highest BCUT2D eigenvalue weighted by atomic mass is 35.5. The molecule has 3 heterocycles. The van der Waals surface area contributed by atoms with Crippen molar-refractivity contribution < 1.29 is 4.79 Å². The minimum absolute atomic E-state index is 0.0816. The second-order valence-electron chi connectivity index (χ2n) is 10.6. The number of hydrogen-bond acceptors (Lipinski definition) is 4. The standard InChI is InChI=1S/C28H36ClN5O/c1-17-6-5-7-24(19(17)3)31-28(35)22-12-14-33(15-13-22)25-16-18(2)30-27-26(20(4)32-34(25)27)21-8-10-23(29)11-9-21/h8-11,16-17,19,22,24H,5-7,12-15H2,1-4H3,(H,31,35)/t17-,19-,24+/m0/s1. The zero-order valence-corrected chi connectivity index (χ0v) is 22.0. The number of amides is 1. The molecule has 35 heavy (non-hydrogen) atoms. The fourth-order valence-corrected chi connectivity index (χ4v) is 5.99. The lowest BCUT2D eigenvalue weighted by atomic mass is 9.78. The maximum atomic E-state index is 13.1. The molecule has 2 aromatic heterocycles. The van der Waals surface area contributed by atoms with E-state index in [-0.39, 0.29) is 11.8 Å². The number of anilines is 1. The van der Waals surface area contributed by atoms with Crippen molar-refractivity contribution >= 4 is 29.0 Å². The quantitative estimate of drug-likeness (QED) is 0.497. The number of aromatic nitrogens is 3. The van der Waals surface area contributed by atoms with Gasteiger partial charge in [-0.3, -0.25) is 4.79 Å². The fourth-order valence-electron chi connectivity index (χ4n) is 5.86. The molecule has 3 aromatic rings. The molecule has 0 unspecified atom stereocenters. The zero-order chi connectivity index (χ0) is 24.7. The molecule has 1 saturated heterocycles. The molecule has 0 radical (unpaired) electrons. The van der Waals surface area contributed by atoms with Gasteiger partial charge in [0.25, 0.3) is 0 Å². The van der Waals surface area contributed by atoms with Gasteiger partial charge in [0, 0.05) is 47.4 Å². The van der Waals surface area contributed by atoms with E-state index < -0.39 is 0 Å². The van der Waals surface area contributed by atoms with E-state index in [1.165, 1.54) is 12.8 Å². The Kier molecular flexibility index (Phi) is 6.75. The van der Waals surface area contributed by atoms with Gasteiger partial charge in [-0.1, -0.05) is 50.4 Å². The minimum Gasteiger partial charge on any atom is -0.356 e. The van der Waals surface area contributed by atoms with Crippen molar-refractivity contribution in [2.75, 3.05) is 18.0 Å². The van der Waals surface area contributed by atoms with Gasteiger partial charge in [0.1, 0.15) is 5.82 Å². The van der Waals surface area contributed by atoms with Crippen LogP contribution in [0.3, 0.4) is 0 Å². The number of fused-ring (bicyclic) bond motifs is 1. The first-order valence-electron chi connectivity index (χ1n) is 13.0. The average molecular weight is 494 g/mol. The van der Waals surface area contributed by atoms with Crippen LogP contribution in [0, 0.1) is 31.6 Å². The van der Waals surface area contributed by atoms with Crippen molar-refractivity contribution in [3.05, 3.63) is 46.7 Å². The number of nitrogens with one attached hydrogen (secondary N) is 1. The number of benzene rings is 1. The SMILES string of the molecule is Cc1cc(N2CCC(C(=O)N[C@@H]3CCC[C@H](C)[C@@H]3C)CC2)n2nc(C)c(-c3ccc(Cl)cc3)c2n1. The summed E-state index contributed by atoms with van der Waals surface area (Å²) in [6, 6.07) is 10.3. The van der Waals surface area contributed by atoms with Gasteiger partial charge in [-0.2, -0.15) is 9.61 Å². The van der Waals surface area contributed by atoms with Gasteiger partial charge < -0.3 is 10.2 Å². The molecule has 2 fully saturated rings. The largest absolute Gasteiger partial charge is 0.356 e. The van der Waals surface area contributed by atoms with E-state index in [4.69, 9.17) is 21.7 Å². The van der Waals surface area contributed by atoms with E-state index in [1.54, 1.807) is 0 Å². The molecular weight excluding hydrogens is 458 g/mol. The van der Waals surface area contributed by atoms with Crippen LogP contribution in [0.2, 0.25) is 5.02 Å². The Morgan fingerprint density at radius 3 is 2.49 bits per heavy atom. The van der Waals surface area contributed by atoms with Crippen LogP contribution in [0.15, 0.2) is 30.3 Å². The highest BCUT2D eigenvalue weighted by molar-refractivity contribution is 6.30. The van der Waals surface area contributed by atoms with Crippen LogP contribution < -0.4 is 10.2 Å². The third kappa shape index (κ3) is 4.77. The molecule has 1 aliphatic heterocycles. The Morgan fingerprint density at radius 2 is 1.77 bits per heavy atom. The van der Waals surface area contributed by atoms with Crippen LogP contribution in [0.25, 0.3) is 16.8 Å². The Balaban J connectivity index is 1.33. The predicted molar refractivity (Wildman–Crippen MR) is 142 cm³/mol. The molecule has 5 rings (SSSR count). The van der Waals surface area contributed by atoms with Crippen LogP contribution in [0.5, 0.6) is 0 Å². The third-order valence-electron chi connectivity index (χ3n) is 8.23. The lowest BCUT2D eigenvalue weighted by Crippen LogP contribution is -2.48. The van der Waals surface area contributed by atoms with E-state index >= 15 is 0 Å². The normalized spacial score (nSPS) is 23.6. The Bertz CT molecular complexity index is 1210. The summed E-state index contributed by atoms with van der Waals surface area (Å²) in [6.07, 6.45) is 5.32. The van der Waals surface area contributed by atoms with Gasteiger partial charge in [-0.15, -0.1) is 0 Å². The summed E-state index contributed by atoms with van der Waals surface area (Å²) in [6.45, 7) is 10.3. The smallest absolute Gasteiger partial charge is 0.223 e. The lowest BCUT2D eigenvalue weighted by molar-refractivity contribution is -0.127. The lowest BCUT2D eigenvalue weighted by Gasteiger charge is -2.37. The van der Waals surface area contributed by atoms with E-state index in [0.717, 1.165) is 66.3 Å². The van der Waals surface area contributed by atoms with Gasteiger partial charge in [0.05, 0.1) is 5.69 Å². The number of nitrogens with zero attached hydrogens (tertiary/aromatic N) is 4. The molecular formula is C28H36ClN5O. The zero-order valence-electron chi connectivity index (χ0n) is 21.2. The summed E-state index contributed by atoms with van der Waals surface area (Å²) in [7, 11) is 0. The summed E-state index contributed by atoms with van der Waals surface area (Å²) in [4.78, 5) is 20.3. The molecule has 1 aliphatic carbocycles. The highest BCUT2D eigenvalue weighted by Gasteiger charge is 2.32. The van der Waals surface area contributed by atoms with Crippen LogP contribution in [-0.2, 0) is 4.79 Å². The Morgan fingerprint density at radius 1 is 1.06 bits per heavy atom. The topological polar surface area (TPSA) is 62.5 Å². The maximum Gasteiger partial charge on any atom is 0.223 e. The first-order chi connectivity index (χ1) is 16.8. The number of hydrogen-bond donors (Lipinski definition) is 1. The number of aryl methyl sites for hydroxylation is 2. The monoisotopic (exact) mass is 493 g/mol. The maximum absolute atomic E-state index is 13.1. The summed E-state index contributed by atoms with van der Waals surface area (Å²) in [5.74, 6) is 2.61. The van der Waals surface area contributed by atoms with Crippen LogP contribution in [-0.4, -0.2) is 39.6 Å². The van der Waals surface area contributed by atoms with Crippen molar-refractivity contribution in [3.63, 3.8) is 0 Å². The summed E-state index contributed by atoms with van der Waals surface area (Å²) < 4.78 is 1.97. The molecule has 186 valence electrons. The van der Waals surface area contributed by atoms with E-state index in [0.29, 0.717) is 22.9 Å². The van der Waals surface area contributed by atoms with Gasteiger partial charge in [-0.25, -0.2) is 4.98 Å². The Hall–Kier alpha value is -2.60. The van der Waals surface area contributed by atoms with Crippen LogP contribution in [0.4, 0.5) is 5.82 Å². The van der Waals surface area contributed by atoms with Crippen molar-refractivity contribution in [3.8, 4) is 11.1 Å². The molecule has 3 atom stereocenters. The van der Waals surface area contributed by atoms with Crippen molar-refractivity contribution in [1.82, 2.24) is 19.9 Å². The average Bonchev–Trinajstić information content (AvgIpc) is 3.17. The van der Waals surface area contributed by atoms with Crippen LogP contribution >= 0.6 is 11.6 Å². The molecule has 1 amide bonds. The third-order valence-corrected chi connectivity index (χ3v) is 8.48. The molecule has 6 nitrogen and oxygen atoms in total. The number of carbonyl (C=O) groups is 1. The molecule has 0 bridgehead atoms. The van der Waals surface area contributed by atoms with Gasteiger partial charge in [-0.05, 0) is 62.6 Å². The van der Waals surface area contributed by atoms with E-state index in [9.17, 15) is 4.79 Å². The summed E-state index contributed by atoms with van der Waals surface area (Å²) >= 11 is 6.11. The number of rotatable bonds is 4. The van der Waals surface area contributed by atoms with Crippen LogP contribution in [0.1, 0.15) is 57.3 Å². The van der Waals surface area contributed by atoms with E-state index in [1.807, 2.05) is 42.6 Å². The summed E-state index contributed by atoms with van der Waals surface area (Å²) in [5.41, 5.74) is 4.86. The molecule has 7 heteroatoms. The van der Waals surface area contributed by atoms with Crippen molar-refractivity contribution in [1.29, 1.82) is 0 Å². The second kappa shape index (κ2) is 9.81. The predicted octanol–water partition coefficient (Wildman–Crippen LogP) is 5.82. The van der Waals surface area contributed by atoms with E-state index in [2.05, 4.69) is 30.1 Å². The number of carbonyl (C=O) groups excluding carboxylic acids is 1. The molecule has 2 aliphatic rings. The van der Waals surface area contributed by atoms with Gasteiger partial charge in [0.15, 0.2) is 5.65 Å². The van der Waals surface area contributed by atoms with Crippen molar-refractivity contribution in [2.24, 2.45) is 17.8 Å². The second-order valence-corrected chi connectivity index (χ2v) is 11.0. The number of piperidine rings is 1. The molecule has 0 spiro atoms. The minimum atomic E-state index is 0.0816.